The summed E-state index contributed by atoms with van der Waals surface area (Å²) in [7, 11) is 0. The highest BCUT2D eigenvalue weighted by Crippen LogP contribution is 2.30. The molecule has 3 aromatic rings. The quantitative estimate of drug-likeness (QED) is 0.643. The van der Waals surface area contributed by atoms with Crippen LogP contribution in [0.1, 0.15) is 16.1 Å². The van der Waals surface area contributed by atoms with Crippen molar-refractivity contribution in [3.63, 3.8) is 0 Å². The van der Waals surface area contributed by atoms with Gasteiger partial charge in [0.1, 0.15) is 10.8 Å². The number of hydrogen-bond acceptors (Lipinski definition) is 3. The lowest BCUT2D eigenvalue weighted by Gasteiger charge is -2.06. The molecule has 0 fully saturated rings. The number of carbonyl (C=O) groups is 1. The Morgan fingerprint density at radius 2 is 1.88 bits per heavy atom. The fourth-order valence-electron chi connectivity index (χ4n) is 2.29. The molecule has 128 valence electrons. The lowest BCUT2D eigenvalue weighted by Crippen LogP contribution is -2.27. The largest absolute Gasteiger partial charge is 0.352 e. The molecule has 1 N–H and O–H groups in total. The van der Waals surface area contributed by atoms with E-state index in [9.17, 15) is 9.18 Å². The molecule has 0 radical (unpaired) electrons. The summed E-state index contributed by atoms with van der Waals surface area (Å²) < 4.78 is 13.7. The van der Waals surface area contributed by atoms with Crippen molar-refractivity contribution in [3.8, 4) is 10.6 Å². The number of aromatic nitrogens is 1. The van der Waals surface area contributed by atoms with E-state index in [4.69, 9.17) is 23.2 Å². The van der Waals surface area contributed by atoms with Gasteiger partial charge in [0.25, 0.3) is 5.91 Å². The maximum atomic E-state index is 13.7. The summed E-state index contributed by atoms with van der Waals surface area (Å²) in [5.74, 6) is -1.18. The summed E-state index contributed by atoms with van der Waals surface area (Å²) in [5.41, 5.74) is 1.57. The third kappa shape index (κ3) is 4.18. The van der Waals surface area contributed by atoms with Crippen LogP contribution < -0.4 is 5.32 Å². The van der Waals surface area contributed by atoms with Crippen LogP contribution in [0.3, 0.4) is 0 Å². The number of thiazole rings is 1. The Hall–Kier alpha value is -1.95. The molecule has 0 aliphatic rings. The van der Waals surface area contributed by atoms with Crippen LogP contribution in [-0.4, -0.2) is 17.4 Å². The highest BCUT2D eigenvalue weighted by atomic mass is 35.5. The molecule has 1 heterocycles. The number of amides is 1. The maximum Gasteiger partial charge on any atom is 0.255 e. The van der Waals surface area contributed by atoms with Gasteiger partial charge < -0.3 is 5.32 Å². The van der Waals surface area contributed by atoms with Gasteiger partial charge in [0.05, 0.1) is 21.3 Å². The van der Waals surface area contributed by atoms with E-state index in [0.717, 1.165) is 16.3 Å². The molecule has 0 unspecified atom stereocenters. The molecule has 1 amide bonds. The van der Waals surface area contributed by atoms with Crippen molar-refractivity contribution in [2.75, 3.05) is 6.54 Å². The molecule has 1 aromatic heterocycles. The van der Waals surface area contributed by atoms with Crippen LogP contribution in [0.25, 0.3) is 10.6 Å². The van der Waals surface area contributed by atoms with Gasteiger partial charge in [-0.15, -0.1) is 11.3 Å². The van der Waals surface area contributed by atoms with Gasteiger partial charge in [0.15, 0.2) is 0 Å². The second-order valence-electron chi connectivity index (χ2n) is 5.23. The van der Waals surface area contributed by atoms with Crippen molar-refractivity contribution >= 4 is 40.4 Å². The van der Waals surface area contributed by atoms with Gasteiger partial charge in [-0.1, -0.05) is 47.5 Å². The first-order chi connectivity index (χ1) is 12.1. The summed E-state index contributed by atoms with van der Waals surface area (Å²) >= 11 is 13.5. The van der Waals surface area contributed by atoms with Crippen molar-refractivity contribution in [1.29, 1.82) is 0 Å². The SMILES string of the molecule is O=C(NCCc1csc(-c2ccccc2Cl)n1)c1c(F)cccc1Cl. The molecule has 2 aromatic carbocycles. The first kappa shape index (κ1) is 17.9. The summed E-state index contributed by atoms with van der Waals surface area (Å²) in [5, 5.41) is 6.14. The van der Waals surface area contributed by atoms with E-state index in [1.165, 1.54) is 29.5 Å². The minimum absolute atomic E-state index is 0.0900. The normalized spacial score (nSPS) is 10.7. The molecule has 0 saturated carbocycles. The molecule has 3 nitrogen and oxygen atoms in total. The van der Waals surface area contributed by atoms with Crippen molar-refractivity contribution in [3.05, 3.63) is 75.0 Å². The summed E-state index contributed by atoms with van der Waals surface area (Å²) in [6, 6.07) is 11.6. The van der Waals surface area contributed by atoms with Crippen LogP contribution in [0.15, 0.2) is 47.8 Å². The fourth-order valence-corrected chi connectivity index (χ4v) is 3.71. The first-order valence-electron chi connectivity index (χ1n) is 7.48. The minimum Gasteiger partial charge on any atom is -0.352 e. The molecule has 0 spiro atoms. The van der Waals surface area contributed by atoms with E-state index in [1.807, 2.05) is 29.6 Å². The Morgan fingerprint density at radius 1 is 1.12 bits per heavy atom. The predicted molar refractivity (Wildman–Crippen MR) is 100 cm³/mol. The van der Waals surface area contributed by atoms with Crippen LogP contribution in [0.5, 0.6) is 0 Å². The van der Waals surface area contributed by atoms with Gasteiger partial charge in [-0.2, -0.15) is 0 Å². The molecular formula is C18H13Cl2FN2OS. The summed E-state index contributed by atoms with van der Waals surface area (Å²) in [6.45, 7) is 0.329. The third-order valence-electron chi connectivity index (χ3n) is 3.51. The zero-order valence-corrected chi connectivity index (χ0v) is 15.3. The van der Waals surface area contributed by atoms with E-state index in [2.05, 4.69) is 10.3 Å². The number of nitrogens with zero attached hydrogens (tertiary/aromatic N) is 1. The van der Waals surface area contributed by atoms with Crippen molar-refractivity contribution in [1.82, 2.24) is 10.3 Å². The predicted octanol–water partition coefficient (Wildman–Crippen LogP) is 5.23. The number of benzene rings is 2. The minimum atomic E-state index is -0.639. The Balaban J connectivity index is 1.62. The van der Waals surface area contributed by atoms with Crippen LogP contribution in [0.2, 0.25) is 10.0 Å². The molecule has 0 atom stereocenters. The molecule has 25 heavy (non-hydrogen) atoms. The number of rotatable bonds is 5. The lowest BCUT2D eigenvalue weighted by molar-refractivity contribution is 0.0950. The van der Waals surface area contributed by atoms with Crippen LogP contribution in [0.4, 0.5) is 4.39 Å². The number of carbonyl (C=O) groups excluding carboxylic acids is 1. The number of nitrogens with one attached hydrogen (secondary N) is 1. The Morgan fingerprint density at radius 3 is 2.64 bits per heavy atom. The Kier molecular flexibility index (Phi) is 5.68. The molecular weight excluding hydrogens is 382 g/mol. The monoisotopic (exact) mass is 394 g/mol. The maximum absolute atomic E-state index is 13.7. The highest BCUT2D eigenvalue weighted by Gasteiger charge is 2.15. The second-order valence-corrected chi connectivity index (χ2v) is 6.90. The summed E-state index contributed by atoms with van der Waals surface area (Å²) in [4.78, 5) is 16.6. The third-order valence-corrected chi connectivity index (χ3v) is 5.08. The van der Waals surface area contributed by atoms with Crippen molar-refractivity contribution in [2.45, 2.75) is 6.42 Å². The Labute approximate surface area is 158 Å². The van der Waals surface area contributed by atoms with Crippen LogP contribution >= 0.6 is 34.5 Å². The van der Waals surface area contributed by atoms with Gasteiger partial charge in [-0.3, -0.25) is 4.79 Å². The van der Waals surface area contributed by atoms with E-state index >= 15 is 0 Å². The fraction of sp³-hybridized carbons (Fsp3) is 0.111. The van der Waals surface area contributed by atoms with Crippen molar-refractivity contribution < 1.29 is 9.18 Å². The van der Waals surface area contributed by atoms with Crippen LogP contribution in [0, 0.1) is 5.82 Å². The molecule has 0 bridgehead atoms. The topological polar surface area (TPSA) is 42.0 Å². The second kappa shape index (κ2) is 7.95. The van der Waals surface area contributed by atoms with E-state index < -0.39 is 11.7 Å². The zero-order valence-electron chi connectivity index (χ0n) is 12.9. The molecule has 0 aliphatic heterocycles. The Bertz CT molecular complexity index is 893. The smallest absolute Gasteiger partial charge is 0.255 e. The lowest BCUT2D eigenvalue weighted by atomic mass is 10.2. The molecule has 3 rings (SSSR count). The average Bonchev–Trinajstić information content (AvgIpc) is 3.04. The van der Waals surface area contributed by atoms with Crippen molar-refractivity contribution in [2.24, 2.45) is 0 Å². The van der Waals surface area contributed by atoms with Gasteiger partial charge in [-0.25, -0.2) is 9.37 Å². The highest BCUT2D eigenvalue weighted by molar-refractivity contribution is 7.13. The van der Waals surface area contributed by atoms with E-state index in [1.54, 1.807) is 0 Å². The molecule has 7 heteroatoms. The van der Waals surface area contributed by atoms with Gasteiger partial charge in [0.2, 0.25) is 0 Å². The zero-order chi connectivity index (χ0) is 17.8. The van der Waals surface area contributed by atoms with E-state index in [0.29, 0.717) is 18.0 Å². The van der Waals surface area contributed by atoms with Gasteiger partial charge >= 0.3 is 0 Å². The first-order valence-corrected chi connectivity index (χ1v) is 9.11. The average molecular weight is 395 g/mol. The summed E-state index contributed by atoms with van der Waals surface area (Å²) in [6.07, 6.45) is 0.527. The van der Waals surface area contributed by atoms with Gasteiger partial charge in [0, 0.05) is 23.9 Å². The molecule has 0 saturated heterocycles. The van der Waals surface area contributed by atoms with E-state index in [-0.39, 0.29) is 10.6 Å². The van der Waals surface area contributed by atoms with Gasteiger partial charge in [-0.05, 0) is 18.2 Å². The standard InChI is InChI=1S/C18H13Cl2FN2OS/c19-13-5-2-1-4-12(13)18-23-11(10-25-18)8-9-22-17(24)16-14(20)6-3-7-15(16)21/h1-7,10H,8-9H2,(H,22,24). The molecule has 0 aliphatic carbocycles. The van der Waals surface area contributed by atoms with Crippen LogP contribution in [-0.2, 0) is 6.42 Å². The number of hydrogen-bond donors (Lipinski definition) is 1. The number of halogens is 3.